The lowest BCUT2D eigenvalue weighted by molar-refractivity contribution is 0.359. The van der Waals surface area contributed by atoms with Gasteiger partial charge >= 0.3 is 5.63 Å². The van der Waals surface area contributed by atoms with Crippen LogP contribution in [0.1, 0.15) is 11.1 Å². The van der Waals surface area contributed by atoms with Gasteiger partial charge in [0.1, 0.15) is 17.9 Å². The Kier molecular flexibility index (Phi) is 4.77. The van der Waals surface area contributed by atoms with E-state index in [-0.39, 0.29) is 5.63 Å². The highest BCUT2D eigenvalue weighted by Gasteiger charge is 2.13. The minimum atomic E-state index is -0.370. The van der Waals surface area contributed by atoms with Crippen LogP contribution in [0, 0.1) is 0 Å². The van der Waals surface area contributed by atoms with Crippen molar-refractivity contribution >= 4 is 11.0 Å². The molecule has 1 aromatic heterocycles. The molecule has 0 radical (unpaired) electrons. The van der Waals surface area contributed by atoms with Crippen molar-refractivity contribution in [2.75, 3.05) is 6.61 Å². The summed E-state index contributed by atoms with van der Waals surface area (Å²) < 4.78 is 11.0. The quantitative estimate of drug-likeness (QED) is 0.572. The number of benzene rings is 1. The fourth-order valence-electron chi connectivity index (χ4n) is 2.28. The van der Waals surface area contributed by atoms with Gasteiger partial charge in [0.05, 0.1) is 0 Å². The SMILES string of the molecule is C=CCOc1ccc2c(CC=C)cc(=O)oc2c1CC=C. The van der Waals surface area contributed by atoms with Crippen LogP contribution >= 0.6 is 0 Å². The molecule has 0 aliphatic heterocycles. The molecule has 0 saturated heterocycles. The molecule has 2 rings (SSSR count). The summed E-state index contributed by atoms with van der Waals surface area (Å²) >= 11 is 0. The molecular formula is C18H18O3. The van der Waals surface area contributed by atoms with Crippen molar-refractivity contribution in [2.45, 2.75) is 12.8 Å². The molecule has 0 fully saturated rings. The fraction of sp³-hybridized carbons (Fsp3) is 0.167. The lowest BCUT2D eigenvalue weighted by Crippen LogP contribution is -2.04. The molecule has 2 aromatic rings. The largest absolute Gasteiger partial charge is 0.489 e. The van der Waals surface area contributed by atoms with E-state index in [0.29, 0.717) is 30.8 Å². The van der Waals surface area contributed by atoms with Gasteiger partial charge in [-0.05, 0) is 30.5 Å². The monoisotopic (exact) mass is 282 g/mol. The third-order valence-electron chi connectivity index (χ3n) is 3.13. The average Bonchev–Trinajstić information content (AvgIpc) is 2.47. The van der Waals surface area contributed by atoms with Crippen molar-refractivity contribution in [1.82, 2.24) is 0 Å². The van der Waals surface area contributed by atoms with Crippen LogP contribution in [-0.4, -0.2) is 6.61 Å². The molecule has 0 aliphatic rings. The second kappa shape index (κ2) is 6.75. The summed E-state index contributed by atoms with van der Waals surface area (Å²) in [4.78, 5) is 11.8. The van der Waals surface area contributed by atoms with Gasteiger partial charge in [-0.1, -0.05) is 24.8 Å². The maximum absolute atomic E-state index is 11.8. The minimum absolute atomic E-state index is 0.370. The molecule has 3 nitrogen and oxygen atoms in total. The summed E-state index contributed by atoms with van der Waals surface area (Å²) in [6, 6.07) is 5.30. The second-order valence-corrected chi connectivity index (χ2v) is 4.59. The Labute approximate surface area is 123 Å². The Morgan fingerprint density at radius 1 is 1.10 bits per heavy atom. The number of fused-ring (bicyclic) bond motifs is 1. The summed E-state index contributed by atoms with van der Waals surface area (Å²) in [7, 11) is 0. The van der Waals surface area contributed by atoms with Crippen LogP contribution in [0.15, 0.2) is 65.4 Å². The molecule has 3 heteroatoms. The molecular weight excluding hydrogens is 264 g/mol. The van der Waals surface area contributed by atoms with E-state index in [0.717, 1.165) is 16.5 Å². The Hall–Kier alpha value is -2.55. The van der Waals surface area contributed by atoms with Gasteiger partial charge in [-0.25, -0.2) is 4.79 Å². The summed E-state index contributed by atoms with van der Waals surface area (Å²) in [6.07, 6.45) is 6.37. The minimum Gasteiger partial charge on any atom is -0.489 e. The highest BCUT2D eigenvalue weighted by Crippen LogP contribution is 2.30. The zero-order valence-electron chi connectivity index (χ0n) is 11.9. The molecule has 0 saturated carbocycles. The lowest BCUT2D eigenvalue weighted by atomic mass is 10.0. The predicted molar refractivity (Wildman–Crippen MR) is 86.0 cm³/mol. The molecule has 0 atom stereocenters. The van der Waals surface area contributed by atoms with Crippen LogP contribution in [0.3, 0.4) is 0 Å². The van der Waals surface area contributed by atoms with Crippen molar-refractivity contribution < 1.29 is 9.15 Å². The van der Waals surface area contributed by atoms with E-state index in [1.54, 1.807) is 18.2 Å². The van der Waals surface area contributed by atoms with Gasteiger partial charge in [0.15, 0.2) is 0 Å². The third-order valence-corrected chi connectivity index (χ3v) is 3.13. The van der Waals surface area contributed by atoms with Crippen molar-refractivity contribution in [3.63, 3.8) is 0 Å². The van der Waals surface area contributed by atoms with Crippen LogP contribution in [0.2, 0.25) is 0 Å². The number of hydrogen-bond donors (Lipinski definition) is 0. The Balaban J connectivity index is 2.72. The van der Waals surface area contributed by atoms with Crippen molar-refractivity contribution in [3.05, 3.63) is 77.7 Å². The zero-order chi connectivity index (χ0) is 15.2. The molecule has 0 unspecified atom stereocenters. The van der Waals surface area contributed by atoms with Crippen LogP contribution in [0.25, 0.3) is 11.0 Å². The van der Waals surface area contributed by atoms with Gasteiger partial charge in [-0.3, -0.25) is 0 Å². The fourth-order valence-corrected chi connectivity index (χ4v) is 2.28. The summed E-state index contributed by atoms with van der Waals surface area (Å²) in [5.74, 6) is 0.682. The summed E-state index contributed by atoms with van der Waals surface area (Å²) in [5.41, 5.74) is 1.91. The molecule has 0 bridgehead atoms. The molecule has 1 aromatic carbocycles. The topological polar surface area (TPSA) is 39.4 Å². The highest BCUT2D eigenvalue weighted by atomic mass is 16.5. The Morgan fingerprint density at radius 2 is 1.86 bits per heavy atom. The summed E-state index contributed by atoms with van der Waals surface area (Å²) in [5, 5.41) is 0.900. The number of allylic oxidation sites excluding steroid dienone is 2. The van der Waals surface area contributed by atoms with Crippen LogP contribution in [-0.2, 0) is 12.8 Å². The zero-order valence-corrected chi connectivity index (χ0v) is 11.9. The van der Waals surface area contributed by atoms with Gasteiger partial charge in [0.25, 0.3) is 0 Å². The molecule has 108 valence electrons. The maximum Gasteiger partial charge on any atom is 0.336 e. The van der Waals surface area contributed by atoms with E-state index in [1.807, 2.05) is 12.1 Å². The first-order chi connectivity index (χ1) is 10.2. The van der Waals surface area contributed by atoms with Crippen LogP contribution < -0.4 is 10.4 Å². The van der Waals surface area contributed by atoms with E-state index in [9.17, 15) is 4.79 Å². The molecule has 0 spiro atoms. The van der Waals surface area contributed by atoms with Gasteiger partial charge in [-0.15, -0.1) is 13.2 Å². The van der Waals surface area contributed by atoms with E-state index >= 15 is 0 Å². The maximum atomic E-state index is 11.8. The molecule has 0 aliphatic carbocycles. The first-order valence-electron chi connectivity index (χ1n) is 6.75. The third kappa shape index (κ3) is 3.14. The first-order valence-corrected chi connectivity index (χ1v) is 6.75. The van der Waals surface area contributed by atoms with Crippen molar-refractivity contribution in [2.24, 2.45) is 0 Å². The van der Waals surface area contributed by atoms with E-state index in [1.165, 1.54) is 6.07 Å². The molecule has 0 amide bonds. The number of rotatable bonds is 7. The van der Waals surface area contributed by atoms with Gasteiger partial charge in [0.2, 0.25) is 0 Å². The normalized spacial score (nSPS) is 10.3. The molecule has 21 heavy (non-hydrogen) atoms. The van der Waals surface area contributed by atoms with Crippen LogP contribution in [0.5, 0.6) is 5.75 Å². The van der Waals surface area contributed by atoms with Crippen molar-refractivity contribution in [1.29, 1.82) is 0 Å². The van der Waals surface area contributed by atoms with Gasteiger partial charge < -0.3 is 9.15 Å². The molecule has 0 N–H and O–H groups in total. The Bertz CT molecular complexity index is 738. The van der Waals surface area contributed by atoms with E-state index in [4.69, 9.17) is 9.15 Å². The smallest absolute Gasteiger partial charge is 0.336 e. The first kappa shape index (κ1) is 14.9. The number of ether oxygens (including phenoxy) is 1. The van der Waals surface area contributed by atoms with Gasteiger partial charge in [-0.2, -0.15) is 0 Å². The van der Waals surface area contributed by atoms with Gasteiger partial charge in [0, 0.05) is 17.0 Å². The Morgan fingerprint density at radius 3 is 2.52 bits per heavy atom. The number of hydrogen-bond acceptors (Lipinski definition) is 3. The average molecular weight is 282 g/mol. The predicted octanol–water partition coefficient (Wildman–Crippen LogP) is 3.81. The van der Waals surface area contributed by atoms with E-state index in [2.05, 4.69) is 19.7 Å². The lowest BCUT2D eigenvalue weighted by Gasteiger charge is -2.12. The summed E-state index contributed by atoms with van der Waals surface area (Å²) in [6.45, 7) is 11.5. The van der Waals surface area contributed by atoms with Crippen molar-refractivity contribution in [3.8, 4) is 5.75 Å². The van der Waals surface area contributed by atoms with Crippen LogP contribution in [0.4, 0.5) is 0 Å². The molecule has 1 heterocycles. The highest BCUT2D eigenvalue weighted by molar-refractivity contribution is 5.85. The second-order valence-electron chi connectivity index (χ2n) is 4.59. The van der Waals surface area contributed by atoms with E-state index < -0.39 is 0 Å². The standard InChI is InChI=1S/C18H18O3/c1-4-7-13-12-17(19)21-18-14(13)9-10-16(20-11-6-3)15(18)8-5-2/h4-6,9-10,12H,1-3,7-8,11H2.